The quantitative estimate of drug-likeness (QED) is 0.928. The molecule has 4 nitrogen and oxygen atoms in total. The third kappa shape index (κ3) is 2.84. The first kappa shape index (κ1) is 13.1. The average molecular weight is 273 g/mol. The van der Waals surface area contributed by atoms with Crippen molar-refractivity contribution in [3.8, 4) is 0 Å². The van der Waals surface area contributed by atoms with Crippen molar-refractivity contribution in [1.29, 1.82) is 0 Å². The van der Waals surface area contributed by atoms with Crippen LogP contribution in [-0.2, 0) is 6.54 Å². The van der Waals surface area contributed by atoms with Crippen LogP contribution in [0.4, 0.5) is 4.39 Å². The van der Waals surface area contributed by atoms with Gasteiger partial charge in [-0.15, -0.1) is 0 Å². The number of aliphatic hydroxyl groups is 1. The highest BCUT2D eigenvalue weighted by atomic mass is 19.1. The molecule has 1 aromatic carbocycles. The highest BCUT2D eigenvalue weighted by Gasteiger charge is 2.32. The van der Waals surface area contributed by atoms with Crippen molar-refractivity contribution in [1.82, 2.24) is 14.9 Å². The van der Waals surface area contributed by atoms with Crippen LogP contribution in [0.2, 0.25) is 0 Å². The molecule has 1 N–H and O–H groups in total. The molecule has 1 aliphatic heterocycles. The number of hydrogen-bond donors (Lipinski definition) is 1. The summed E-state index contributed by atoms with van der Waals surface area (Å²) in [5.41, 5.74) is 1.89. The summed E-state index contributed by atoms with van der Waals surface area (Å²) >= 11 is 0. The Morgan fingerprint density at radius 3 is 2.85 bits per heavy atom. The van der Waals surface area contributed by atoms with E-state index >= 15 is 0 Å². The summed E-state index contributed by atoms with van der Waals surface area (Å²) in [6, 6.07) is 6.61. The van der Waals surface area contributed by atoms with Gasteiger partial charge in [-0.3, -0.25) is 4.90 Å². The van der Waals surface area contributed by atoms with Gasteiger partial charge in [0, 0.05) is 37.1 Å². The molecule has 1 aliphatic rings. The van der Waals surface area contributed by atoms with Crippen LogP contribution in [0.25, 0.3) is 0 Å². The number of β-amino-alcohol motifs (C(OH)–C–C–N with tert-alkyl or cyclic N) is 1. The van der Waals surface area contributed by atoms with Crippen molar-refractivity contribution in [2.45, 2.75) is 25.1 Å². The van der Waals surface area contributed by atoms with Crippen molar-refractivity contribution in [3.63, 3.8) is 0 Å². The number of hydrogen-bond acceptors (Lipinski definition) is 4. The summed E-state index contributed by atoms with van der Waals surface area (Å²) in [6.45, 7) is 1.23. The van der Waals surface area contributed by atoms with E-state index in [2.05, 4.69) is 14.9 Å². The maximum absolute atomic E-state index is 13.4. The summed E-state index contributed by atoms with van der Waals surface area (Å²) in [7, 11) is 0. The van der Waals surface area contributed by atoms with E-state index in [4.69, 9.17) is 0 Å². The molecule has 1 aromatic heterocycles. The largest absolute Gasteiger partial charge is 0.392 e. The molecule has 3 rings (SSSR count). The number of halogens is 1. The van der Waals surface area contributed by atoms with Gasteiger partial charge >= 0.3 is 0 Å². The average Bonchev–Trinajstić information content (AvgIpc) is 2.81. The molecular formula is C15H16FN3O. The van der Waals surface area contributed by atoms with Crippen molar-refractivity contribution < 1.29 is 9.50 Å². The topological polar surface area (TPSA) is 49.2 Å². The third-order valence-corrected chi connectivity index (χ3v) is 3.61. The molecule has 1 fully saturated rings. The third-order valence-electron chi connectivity index (χ3n) is 3.61. The minimum atomic E-state index is -0.382. The first-order chi connectivity index (χ1) is 9.72. The van der Waals surface area contributed by atoms with E-state index in [-0.39, 0.29) is 18.0 Å². The monoisotopic (exact) mass is 273 g/mol. The summed E-state index contributed by atoms with van der Waals surface area (Å²) in [4.78, 5) is 10.1. The van der Waals surface area contributed by atoms with Crippen LogP contribution in [-0.4, -0.2) is 32.6 Å². The molecule has 0 spiro atoms. The molecule has 2 aromatic rings. The second-order valence-corrected chi connectivity index (χ2v) is 5.14. The Hall–Kier alpha value is -1.85. The fraction of sp³-hybridized carbons (Fsp3) is 0.333. The van der Waals surface area contributed by atoms with Gasteiger partial charge in [-0.2, -0.15) is 0 Å². The van der Waals surface area contributed by atoms with E-state index in [0.29, 0.717) is 19.5 Å². The molecule has 5 heteroatoms. The maximum atomic E-state index is 13.4. The zero-order chi connectivity index (χ0) is 13.9. The number of benzene rings is 1. The molecule has 0 aliphatic carbocycles. The standard InChI is InChI=1S/C15H16FN3O/c16-13-3-1-2-12(4-13)15-5-14(20)9-19(15)8-11-6-17-10-18-7-11/h1-4,6-7,10,14-15,20H,5,8-9H2/t14-,15-/m0/s1. The molecule has 20 heavy (non-hydrogen) atoms. The first-order valence-corrected chi connectivity index (χ1v) is 6.64. The molecule has 2 atom stereocenters. The lowest BCUT2D eigenvalue weighted by atomic mass is 10.0. The summed E-state index contributed by atoms with van der Waals surface area (Å²) < 4.78 is 13.4. The van der Waals surface area contributed by atoms with Gasteiger partial charge in [-0.25, -0.2) is 14.4 Å². The lowest BCUT2D eigenvalue weighted by molar-refractivity contribution is 0.172. The van der Waals surface area contributed by atoms with Gasteiger partial charge in [-0.1, -0.05) is 12.1 Å². The molecule has 2 heterocycles. The van der Waals surface area contributed by atoms with Crippen molar-refractivity contribution in [3.05, 3.63) is 59.9 Å². The summed E-state index contributed by atoms with van der Waals surface area (Å²) in [5.74, 6) is -0.244. The molecule has 104 valence electrons. The zero-order valence-corrected chi connectivity index (χ0v) is 11.0. The fourth-order valence-corrected chi connectivity index (χ4v) is 2.76. The molecular weight excluding hydrogens is 257 g/mol. The predicted molar refractivity (Wildman–Crippen MR) is 72.2 cm³/mol. The number of nitrogens with zero attached hydrogens (tertiary/aromatic N) is 3. The minimum Gasteiger partial charge on any atom is -0.392 e. The van der Waals surface area contributed by atoms with E-state index in [1.54, 1.807) is 18.5 Å². The van der Waals surface area contributed by atoms with Gasteiger partial charge in [0.15, 0.2) is 0 Å². The van der Waals surface area contributed by atoms with Gasteiger partial charge in [-0.05, 0) is 24.1 Å². The Bertz CT molecular complexity index is 578. The van der Waals surface area contributed by atoms with E-state index in [0.717, 1.165) is 11.1 Å². The molecule has 1 saturated heterocycles. The van der Waals surface area contributed by atoms with Gasteiger partial charge in [0.1, 0.15) is 12.1 Å². The second-order valence-electron chi connectivity index (χ2n) is 5.14. The van der Waals surface area contributed by atoms with Crippen LogP contribution in [0.5, 0.6) is 0 Å². The second kappa shape index (κ2) is 5.64. The Kier molecular flexibility index (Phi) is 3.71. The van der Waals surface area contributed by atoms with Gasteiger partial charge in [0.2, 0.25) is 0 Å². The van der Waals surface area contributed by atoms with E-state index in [9.17, 15) is 9.50 Å². The van der Waals surface area contributed by atoms with Crippen LogP contribution >= 0.6 is 0 Å². The van der Waals surface area contributed by atoms with E-state index < -0.39 is 0 Å². The van der Waals surface area contributed by atoms with E-state index in [1.807, 2.05) is 6.07 Å². The highest BCUT2D eigenvalue weighted by molar-refractivity contribution is 5.22. The van der Waals surface area contributed by atoms with Crippen molar-refractivity contribution >= 4 is 0 Å². The lowest BCUT2D eigenvalue weighted by Crippen LogP contribution is -2.24. The van der Waals surface area contributed by atoms with Crippen LogP contribution in [0.15, 0.2) is 43.0 Å². The van der Waals surface area contributed by atoms with Crippen molar-refractivity contribution in [2.75, 3.05) is 6.54 Å². The Labute approximate surface area is 116 Å². The summed E-state index contributed by atoms with van der Waals surface area (Å²) in [5, 5.41) is 9.91. The van der Waals surface area contributed by atoms with Crippen LogP contribution < -0.4 is 0 Å². The lowest BCUT2D eigenvalue weighted by Gasteiger charge is -2.24. The molecule has 0 saturated carbocycles. The first-order valence-electron chi connectivity index (χ1n) is 6.64. The number of aromatic nitrogens is 2. The van der Waals surface area contributed by atoms with Crippen LogP contribution in [0.1, 0.15) is 23.6 Å². The number of aliphatic hydroxyl groups excluding tert-OH is 1. The SMILES string of the molecule is O[C@H]1C[C@@H](c2cccc(F)c2)N(Cc2cncnc2)C1. The maximum Gasteiger partial charge on any atom is 0.123 e. The van der Waals surface area contributed by atoms with Crippen LogP contribution in [0.3, 0.4) is 0 Å². The highest BCUT2D eigenvalue weighted by Crippen LogP contribution is 2.33. The van der Waals surface area contributed by atoms with Crippen LogP contribution in [0, 0.1) is 5.82 Å². The number of rotatable bonds is 3. The van der Waals surface area contributed by atoms with Crippen molar-refractivity contribution in [2.24, 2.45) is 0 Å². The summed E-state index contributed by atoms with van der Waals surface area (Å²) in [6.07, 6.45) is 5.26. The molecule has 0 bridgehead atoms. The van der Waals surface area contributed by atoms with Gasteiger partial charge in [0.25, 0.3) is 0 Å². The molecule has 0 amide bonds. The predicted octanol–water partition coefficient (Wildman–Crippen LogP) is 1.92. The Balaban J connectivity index is 1.82. The normalized spacial score (nSPS) is 23.1. The molecule has 0 unspecified atom stereocenters. The van der Waals surface area contributed by atoms with E-state index in [1.165, 1.54) is 18.5 Å². The van der Waals surface area contributed by atoms with Gasteiger partial charge in [0.05, 0.1) is 6.10 Å². The Morgan fingerprint density at radius 1 is 1.30 bits per heavy atom. The Morgan fingerprint density at radius 2 is 2.10 bits per heavy atom. The van der Waals surface area contributed by atoms with Gasteiger partial charge < -0.3 is 5.11 Å². The zero-order valence-electron chi connectivity index (χ0n) is 11.0. The minimum absolute atomic E-state index is 0.0286. The number of likely N-dealkylation sites (tertiary alicyclic amines) is 1. The fourth-order valence-electron chi connectivity index (χ4n) is 2.76. The smallest absolute Gasteiger partial charge is 0.123 e. The molecule has 0 radical (unpaired) electrons.